The maximum absolute atomic E-state index is 13.7. The number of amides is 2. The number of nitrogens with zero attached hydrogens (tertiary/aromatic N) is 2. The van der Waals surface area contributed by atoms with E-state index in [0.717, 1.165) is 37.7 Å². The van der Waals surface area contributed by atoms with Gasteiger partial charge in [0, 0.05) is 24.5 Å². The van der Waals surface area contributed by atoms with Gasteiger partial charge < -0.3 is 19.5 Å². The number of carbonyl (C=O) groups is 2. The summed E-state index contributed by atoms with van der Waals surface area (Å²) in [4.78, 5) is 32.6. The third-order valence-electron chi connectivity index (χ3n) is 6.24. The topological polar surface area (TPSA) is 90.0 Å². The van der Waals surface area contributed by atoms with Crippen LogP contribution in [0.1, 0.15) is 48.0 Å². The second-order valence-electron chi connectivity index (χ2n) is 8.16. The number of ether oxygens (including phenoxy) is 3. The Balaban J connectivity index is 1.60. The number of benzene rings is 1. The lowest BCUT2D eigenvalue weighted by atomic mass is 9.89. The summed E-state index contributed by atoms with van der Waals surface area (Å²) in [5.74, 6) is 0.533. The maximum atomic E-state index is 13.7. The lowest BCUT2D eigenvalue weighted by Crippen LogP contribution is -2.56. The van der Waals surface area contributed by atoms with Gasteiger partial charge in [-0.05, 0) is 55.5 Å². The predicted octanol–water partition coefficient (Wildman–Crippen LogP) is 2.92. The van der Waals surface area contributed by atoms with Gasteiger partial charge in [-0.1, -0.05) is 12.5 Å². The average molecular weight is 440 g/mol. The summed E-state index contributed by atoms with van der Waals surface area (Å²) in [6.45, 7) is 0.520. The molecule has 1 unspecified atom stereocenters. The number of rotatable bonds is 6. The van der Waals surface area contributed by atoms with Crippen LogP contribution in [0.4, 0.5) is 0 Å². The molecule has 1 aromatic carbocycles. The van der Waals surface area contributed by atoms with Crippen LogP contribution >= 0.6 is 0 Å². The van der Waals surface area contributed by atoms with Crippen molar-refractivity contribution >= 4 is 11.8 Å². The zero-order valence-electron chi connectivity index (χ0n) is 18.5. The van der Waals surface area contributed by atoms with Crippen molar-refractivity contribution in [3.8, 4) is 11.5 Å². The summed E-state index contributed by atoms with van der Waals surface area (Å²) >= 11 is 0. The summed E-state index contributed by atoms with van der Waals surface area (Å²) in [6.07, 6.45) is 7.85. The van der Waals surface area contributed by atoms with E-state index in [1.165, 1.54) is 7.11 Å². The van der Waals surface area contributed by atoms with E-state index in [2.05, 4.69) is 10.3 Å². The van der Waals surface area contributed by atoms with E-state index >= 15 is 0 Å². The molecule has 2 aromatic rings. The number of nitrogens with one attached hydrogen (secondary N) is 1. The van der Waals surface area contributed by atoms with Gasteiger partial charge >= 0.3 is 0 Å². The van der Waals surface area contributed by atoms with Crippen molar-refractivity contribution in [2.45, 2.75) is 50.4 Å². The third-order valence-corrected chi connectivity index (χ3v) is 6.24. The molecule has 1 aromatic heterocycles. The number of aromatic nitrogens is 1. The second-order valence-corrected chi connectivity index (χ2v) is 8.16. The minimum Gasteiger partial charge on any atom is -0.493 e. The van der Waals surface area contributed by atoms with E-state index in [1.54, 1.807) is 42.6 Å². The molecule has 2 fully saturated rings. The van der Waals surface area contributed by atoms with Crippen LogP contribution in [-0.2, 0) is 16.1 Å². The predicted molar refractivity (Wildman–Crippen MR) is 117 cm³/mol. The quantitative estimate of drug-likeness (QED) is 0.744. The van der Waals surface area contributed by atoms with E-state index in [4.69, 9.17) is 14.2 Å². The molecule has 1 aliphatic heterocycles. The normalized spacial score (nSPS) is 19.6. The number of pyridine rings is 1. The van der Waals surface area contributed by atoms with E-state index < -0.39 is 11.8 Å². The number of hydrogen-bond acceptors (Lipinski definition) is 6. The molecule has 2 heterocycles. The molecule has 8 heteroatoms. The molecule has 1 spiro atoms. The van der Waals surface area contributed by atoms with Crippen molar-refractivity contribution in [2.75, 3.05) is 20.8 Å². The average Bonchev–Trinajstić information content (AvgIpc) is 3.20. The van der Waals surface area contributed by atoms with Crippen molar-refractivity contribution in [2.24, 2.45) is 0 Å². The van der Waals surface area contributed by atoms with Crippen LogP contribution in [0.15, 0.2) is 42.7 Å². The van der Waals surface area contributed by atoms with Crippen molar-refractivity contribution in [3.63, 3.8) is 0 Å². The molecule has 4 rings (SSSR count). The standard InChI is InChI=1S/C24H29N3O5/c1-30-20-9-8-18(13-21(20)31-2)23(29)27-19(16-32-24(27)10-4-3-5-11-24)22(28)26-15-17-7-6-12-25-14-17/h6-9,12-14,19H,3-5,10-11,15-16H2,1-2H3,(H,26,28). The van der Waals surface area contributed by atoms with Crippen LogP contribution in [0.2, 0.25) is 0 Å². The Hall–Kier alpha value is -3.13. The number of hydrogen-bond donors (Lipinski definition) is 1. The Morgan fingerprint density at radius 2 is 1.94 bits per heavy atom. The summed E-state index contributed by atoms with van der Waals surface area (Å²) in [7, 11) is 3.08. The Morgan fingerprint density at radius 3 is 2.62 bits per heavy atom. The van der Waals surface area contributed by atoms with E-state index in [0.29, 0.717) is 23.6 Å². The van der Waals surface area contributed by atoms with Crippen molar-refractivity contribution in [3.05, 3.63) is 53.9 Å². The molecular formula is C24H29N3O5. The Bertz CT molecular complexity index is 959. The number of carbonyl (C=O) groups excluding carboxylic acids is 2. The van der Waals surface area contributed by atoms with Gasteiger partial charge in [-0.3, -0.25) is 19.5 Å². The van der Waals surface area contributed by atoms with Crippen molar-refractivity contribution in [1.82, 2.24) is 15.2 Å². The van der Waals surface area contributed by atoms with Crippen LogP contribution < -0.4 is 14.8 Å². The molecule has 1 saturated carbocycles. The van der Waals surface area contributed by atoms with E-state index in [-0.39, 0.29) is 18.4 Å². The molecule has 0 radical (unpaired) electrons. The zero-order chi connectivity index (χ0) is 22.6. The first-order chi connectivity index (χ1) is 15.6. The van der Waals surface area contributed by atoms with E-state index in [9.17, 15) is 9.59 Å². The van der Waals surface area contributed by atoms with Gasteiger partial charge in [-0.25, -0.2) is 0 Å². The summed E-state index contributed by atoms with van der Waals surface area (Å²) in [5.41, 5.74) is 0.576. The fraction of sp³-hybridized carbons (Fsp3) is 0.458. The minimum absolute atomic E-state index is 0.178. The molecule has 32 heavy (non-hydrogen) atoms. The fourth-order valence-corrected chi connectivity index (χ4v) is 4.59. The molecule has 170 valence electrons. The first-order valence-corrected chi connectivity index (χ1v) is 10.9. The molecule has 2 aliphatic rings. The highest BCUT2D eigenvalue weighted by Gasteiger charge is 2.53. The van der Waals surface area contributed by atoms with Crippen molar-refractivity contribution in [1.29, 1.82) is 0 Å². The van der Waals surface area contributed by atoms with Gasteiger partial charge in [-0.2, -0.15) is 0 Å². The first-order valence-electron chi connectivity index (χ1n) is 10.9. The molecular weight excluding hydrogens is 410 g/mol. The van der Waals surface area contributed by atoms with Crippen LogP contribution in [0.3, 0.4) is 0 Å². The van der Waals surface area contributed by atoms with Gasteiger partial charge in [0.1, 0.15) is 11.8 Å². The van der Waals surface area contributed by atoms with Gasteiger partial charge in [0.15, 0.2) is 11.5 Å². The fourth-order valence-electron chi connectivity index (χ4n) is 4.59. The van der Waals surface area contributed by atoms with Crippen LogP contribution in [0.5, 0.6) is 11.5 Å². The smallest absolute Gasteiger partial charge is 0.257 e. The maximum Gasteiger partial charge on any atom is 0.257 e. The first kappa shape index (κ1) is 22.1. The molecule has 0 bridgehead atoms. The highest BCUT2D eigenvalue weighted by atomic mass is 16.5. The highest BCUT2D eigenvalue weighted by molar-refractivity contribution is 5.99. The lowest BCUT2D eigenvalue weighted by Gasteiger charge is -2.41. The van der Waals surface area contributed by atoms with Crippen LogP contribution in [-0.4, -0.2) is 54.3 Å². The van der Waals surface area contributed by atoms with Crippen LogP contribution in [0.25, 0.3) is 0 Å². The van der Waals surface area contributed by atoms with Gasteiger partial charge in [-0.15, -0.1) is 0 Å². The third kappa shape index (κ3) is 4.27. The van der Waals surface area contributed by atoms with Crippen LogP contribution in [0, 0.1) is 0 Å². The number of methoxy groups -OCH3 is 2. The molecule has 1 N–H and O–H groups in total. The van der Waals surface area contributed by atoms with Gasteiger partial charge in [0.2, 0.25) is 5.91 Å². The molecule has 1 saturated heterocycles. The summed E-state index contributed by atoms with van der Waals surface area (Å²) in [5, 5.41) is 2.94. The molecule has 1 atom stereocenters. The SMILES string of the molecule is COc1ccc(C(=O)N2C(C(=O)NCc3cccnc3)COC23CCCCC3)cc1OC. The Morgan fingerprint density at radius 1 is 1.16 bits per heavy atom. The molecule has 2 amide bonds. The lowest BCUT2D eigenvalue weighted by molar-refractivity contribution is -0.127. The van der Waals surface area contributed by atoms with E-state index in [1.807, 2.05) is 12.1 Å². The Kier molecular flexibility index (Phi) is 6.60. The van der Waals surface area contributed by atoms with Gasteiger partial charge in [0.25, 0.3) is 5.91 Å². The Labute approximate surface area is 187 Å². The largest absolute Gasteiger partial charge is 0.493 e. The minimum atomic E-state index is -0.751. The van der Waals surface area contributed by atoms with Gasteiger partial charge in [0.05, 0.1) is 20.8 Å². The monoisotopic (exact) mass is 439 g/mol. The zero-order valence-corrected chi connectivity index (χ0v) is 18.5. The molecule has 8 nitrogen and oxygen atoms in total. The second kappa shape index (κ2) is 9.56. The molecule has 1 aliphatic carbocycles. The van der Waals surface area contributed by atoms with Crippen molar-refractivity contribution < 1.29 is 23.8 Å². The summed E-state index contributed by atoms with van der Waals surface area (Å²) in [6, 6.07) is 8.07. The summed E-state index contributed by atoms with van der Waals surface area (Å²) < 4.78 is 16.9. The highest BCUT2D eigenvalue weighted by Crippen LogP contribution is 2.42.